The molecule has 0 radical (unpaired) electrons. The first-order chi connectivity index (χ1) is 9.08. The van der Waals surface area contributed by atoms with E-state index >= 15 is 0 Å². The second kappa shape index (κ2) is 6.51. The van der Waals surface area contributed by atoms with Crippen molar-refractivity contribution in [2.24, 2.45) is 0 Å². The van der Waals surface area contributed by atoms with E-state index in [1.165, 1.54) is 29.5 Å². The number of hydrogen-bond donors (Lipinski definition) is 2. The minimum absolute atomic E-state index is 0.265. The van der Waals surface area contributed by atoms with Gasteiger partial charge in [0, 0.05) is 19.1 Å². The predicted molar refractivity (Wildman–Crippen MR) is 79.3 cm³/mol. The molecule has 0 aromatic heterocycles. The Bertz CT molecular complexity index is 417. The van der Waals surface area contributed by atoms with E-state index < -0.39 is 0 Å². The summed E-state index contributed by atoms with van der Waals surface area (Å²) >= 11 is 0. The first-order valence-corrected chi connectivity index (χ1v) is 7.23. The van der Waals surface area contributed by atoms with Gasteiger partial charge in [0.1, 0.15) is 0 Å². The average molecular weight is 262 g/mol. The van der Waals surface area contributed by atoms with Crippen molar-refractivity contribution in [1.29, 1.82) is 0 Å². The summed E-state index contributed by atoms with van der Waals surface area (Å²) in [7, 11) is 4.11. The third kappa shape index (κ3) is 4.03. The van der Waals surface area contributed by atoms with E-state index in [1.54, 1.807) is 0 Å². The van der Waals surface area contributed by atoms with Crippen LogP contribution in [-0.2, 0) is 19.4 Å². The lowest BCUT2D eigenvalue weighted by molar-refractivity contribution is 0.138. The Morgan fingerprint density at radius 1 is 1.42 bits per heavy atom. The Kier molecular flexibility index (Phi) is 4.97. The van der Waals surface area contributed by atoms with E-state index in [9.17, 15) is 5.11 Å². The molecule has 1 aliphatic carbocycles. The van der Waals surface area contributed by atoms with Crippen molar-refractivity contribution in [3.8, 4) is 0 Å². The van der Waals surface area contributed by atoms with Crippen molar-refractivity contribution in [2.75, 3.05) is 20.6 Å². The zero-order valence-electron chi connectivity index (χ0n) is 12.3. The predicted octanol–water partition coefficient (Wildman–Crippen LogP) is 1.58. The number of nitrogens with zero attached hydrogens (tertiary/aromatic N) is 1. The number of aliphatic hydroxyl groups is 1. The summed E-state index contributed by atoms with van der Waals surface area (Å²) in [5.74, 6) is 0. The molecule has 1 aliphatic rings. The number of likely N-dealkylation sites (N-methyl/N-ethyl adjacent to an activating group) is 2. The van der Waals surface area contributed by atoms with E-state index in [0.29, 0.717) is 6.04 Å². The number of nitrogens with one attached hydrogen (secondary N) is 1. The molecule has 19 heavy (non-hydrogen) atoms. The summed E-state index contributed by atoms with van der Waals surface area (Å²) in [4.78, 5) is 2.17. The lowest BCUT2D eigenvalue weighted by atomic mass is 9.87. The maximum atomic E-state index is 9.40. The molecule has 3 heteroatoms. The van der Waals surface area contributed by atoms with Crippen LogP contribution in [0.25, 0.3) is 0 Å². The van der Waals surface area contributed by atoms with Crippen molar-refractivity contribution in [2.45, 2.75) is 44.9 Å². The number of aryl methyl sites for hydroxylation is 1. The highest BCUT2D eigenvalue weighted by Gasteiger charge is 2.17. The van der Waals surface area contributed by atoms with Crippen LogP contribution in [-0.4, -0.2) is 42.8 Å². The molecule has 3 nitrogen and oxygen atoms in total. The van der Waals surface area contributed by atoms with Gasteiger partial charge in [0.05, 0.1) is 6.10 Å². The van der Waals surface area contributed by atoms with Crippen LogP contribution in [0.5, 0.6) is 0 Å². The molecule has 0 saturated carbocycles. The maximum Gasteiger partial charge on any atom is 0.0639 e. The van der Waals surface area contributed by atoms with Crippen LogP contribution in [0.3, 0.4) is 0 Å². The molecule has 0 spiro atoms. The van der Waals surface area contributed by atoms with E-state index in [4.69, 9.17) is 0 Å². The van der Waals surface area contributed by atoms with Gasteiger partial charge in [-0.3, -0.25) is 4.90 Å². The number of rotatable bonds is 5. The van der Waals surface area contributed by atoms with E-state index in [0.717, 1.165) is 19.5 Å². The fourth-order valence-corrected chi connectivity index (χ4v) is 2.98. The average Bonchev–Trinajstić information content (AvgIpc) is 2.37. The minimum atomic E-state index is -0.265. The minimum Gasteiger partial charge on any atom is -0.392 e. The largest absolute Gasteiger partial charge is 0.392 e. The SMILES string of the molecule is CNC1CCc2cc(CN(C)CC(C)O)ccc2C1. The maximum absolute atomic E-state index is 9.40. The molecule has 0 heterocycles. The molecular weight excluding hydrogens is 236 g/mol. The van der Waals surface area contributed by atoms with Gasteiger partial charge in [0.15, 0.2) is 0 Å². The summed E-state index contributed by atoms with van der Waals surface area (Å²) in [5, 5.41) is 12.8. The molecule has 2 rings (SSSR count). The van der Waals surface area contributed by atoms with Gasteiger partial charge in [0.25, 0.3) is 0 Å². The summed E-state index contributed by atoms with van der Waals surface area (Å²) in [6, 6.07) is 7.50. The van der Waals surface area contributed by atoms with Gasteiger partial charge in [-0.05, 0) is 57.0 Å². The molecule has 0 bridgehead atoms. The van der Waals surface area contributed by atoms with Gasteiger partial charge in [-0.25, -0.2) is 0 Å². The molecule has 2 atom stereocenters. The summed E-state index contributed by atoms with van der Waals surface area (Å²) in [6.07, 6.45) is 3.29. The van der Waals surface area contributed by atoms with Crippen LogP contribution >= 0.6 is 0 Å². The first kappa shape index (κ1) is 14.5. The Morgan fingerprint density at radius 2 is 2.21 bits per heavy atom. The van der Waals surface area contributed by atoms with Gasteiger partial charge in [-0.2, -0.15) is 0 Å². The van der Waals surface area contributed by atoms with Crippen molar-refractivity contribution < 1.29 is 5.11 Å². The molecule has 2 N–H and O–H groups in total. The lowest BCUT2D eigenvalue weighted by Gasteiger charge is -2.25. The van der Waals surface area contributed by atoms with Gasteiger partial charge >= 0.3 is 0 Å². The number of fused-ring (bicyclic) bond motifs is 1. The van der Waals surface area contributed by atoms with Crippen LogP contribution in [0, 0.1) is 0 Å². The van der Waals surface area contributed by atoms with Crippen molar-refractivity contribution in [3.05, 3.63) is 34.9 Å². The Morgan fingerprint density at radius 3 is 2.89 bits per heavy atom. The molecule has 0 aliphatic heterocycles. The Hall–Kier alpha value is -0.900. The van der Waals surface area contributed by atoms with Crippen LogP contribution < -0.4 is 5.32 Å². The molecule has 2 unspecified atom stereocenters. The van der Waals surface area contributed by atoms with Crippen molar-refractivity contribution in [1.82, 2.24) is 10.2 Å². The molecule has 0 amide bonds. The van der Waals surface area contributed by atoms with E-state index in [1.807, 2.05) is 6.92 Å². The van der Waals surface area contributed by atoms with Gasteiger partial charge in [-0.15, -0.1) is 0 Å². The highest BCUT2D eigenvalue weighted by Crippen LogP contribution is 2.23. The molecular formula is C16H26N2O. The monoisotopic (exact) mass is 262 g/mol. The van der Waals surface area contributed by atoms with Crippen molar-refractivity contribution in [3.63, 3.8) is 0 Å². The number of hydrogen-bond acceptors (Lipinski definition) is 3. The first-order valence-electron chi connectivity index (χ1n) is 7.23. The third-order valence-electron chi connectivity index (χ3n) is 3.94. The quantitative estimate of drug-likeness (QED) is 0.845. The topological polar surface area (TPSA) is 35.5 Å². The van der Waals surface area contributed by atoms with Gasteiger partial charge in [0.2, 0.25) is 0 Å². The zero-order chi connectivity index (χ0) is 13.8. The Labute approximate surface area is 116 Å². The number of benzene rings is 1. The highest BCUT2D eigenvalue weighted by molar-refractivity contribution is 5.34. The lowest BCUT2D eigenvalue weighted by Crippen LogP contribution is -2.31. The highest BCUT2D eigenvalue weighted by atomic mass is 16.3. The molecule has 106 valence electrons. The molecule has 0 fully saturated rings. The summed E-state index contributed by atoms with van der Waals surface area (Å²) in [6.45, 7) is 3.47. The van der Waals surface area contributed by atoms with E-state index in [-0.39, 0.29) is 6.10 Å². The molecule has 0 saturated heterocycles. The van der Waals surface area contributed by atoms with E-state index in [2.05, 4.69) is 42.5 Å². The van der Waals surface area contributed by atoms with Crippen LogP contribution in [0.4, 0.5) is 0 Å². The standard InChI is InChI=1S/C16H26N2O/c1-12(19)10-18(3)11-13-4-5-15-9-16(17-2)7-6-14(15)8-13/h4-5,8,12,16-17,19H,6-7,9-11H2,1-3H3. The summed E-state index contributed by atoms with van der Waals surface area (Å²) < 4.78 is 0. The number of aliphatic hydroxyl groups excluding tert-OH is 1. The van der Waals surface area contributed by atoms with Crippen LogP contribution in [0.1, 0.15) is 30.0 Å². The molecule has 1 aromatic rings. The Balaban J connectivity index is 2.01. The van der Waals surface area contributed by atoms with Gasteiger partial charge < -0.3 is 10.4 Å². The second-order valence-corrected chi connectivity index (χ2v) is 5.88. The smallest absolute Gasteiger partial charge is 0.0639 e. The van der Waals surface area contributed by atoms with Crippen LogP contribution in [0.15, 0.2) is 18.2 Å². The second-order valence-electron chi connectivity index (χ2n) is 5.88. The molecule has 1 aromatic carbocycles. The zero-order valence-corrected chi connectivity index (χ0v) is 12.3. The van der Waals surface area contributed by atoms with Crippen molar-refractivity contribution >= 4 is 0 Å². The summed E-state index contributed by atoms with van der Waals surface area (Å²) in [5.41, 5.74) is 4.35. The normalized spacial score (nSPS) is 20.4. The van der Waals surface area contributed by atoms with Crippen LogP contribution in [0.2, 0.25) is 0 Å². The fraction of sp³-hybridized carbons (Fsp3) is 0.625. The van der Waals surface area contributed by atoms with Gasteiger partial charge in [-0.1, -0.05) is 18.2 Å². The fourth-order valence-electron chi connectivity index (χ4n) is 2.98. The third-order valence-corrected chi connectivity index (χ3v) is 3.94.